The van der Waals surface area contributed by atoms with Crippen molar-refractivity contribution in [2.45, 2.75) is 18.9 Å². The second-order valence-electron chi connectivity index (χ2n) is 4.43. The van der Waals surface area contributed by atoms with Crippen molar-refractivity contribution in [2.75, 3.05) is 11.8 Å². The molecule has 0 heterocycles. The predicted molar refractivity (Wildman–Crippen MR) is 74.3 cm³/mol. The van der Waals surface area contributed by atoms with Crippen molar-refractivity contribution in [1.82, 2.24) is 4.72 Å². The Morgan fingerprint density at radius 3 is 2.44 bits per heavy atom. The minimum absolute atomic E-state index is 0.0701. The van der Waals surface area contributed by atoms with Crippen molar-refractivity contribution in [3.63, 3.8) is 0 Å². The summed E-state index contributed by atoms with van der Waals surface area (Å²) in [4.78, 5) is 0. The standard InChI is InChI=1S/C12H16BrNO3S/c1-17-11-6-4-10(5-7-11)12(9-2-3-9)14-18(15,16)8-13/h4-7,9,12,14H,2-3,8H2,1H3. The van der Waals surface area contributed by atoms with Crippen molar-refractivity contribution in [2.24, 2.45) is 5.92 Å². The zero-order valence-corrected chi connectivity index (χ0v) is 12.5. The van der Waals surface area contributed by atoms with Crippen LogP contribution in [0.4, 0.5) is 0 Å². The van der Waals surface area contributed by atoms with Gasteiger partial charge in [-0.25, -0.2) is 13.1 Å². The molecule has 18 heavy (non-hydrogen) atoms. The maximum absolute atomic E-state index is 11.7. The highest BCUT2D eigenvalue weighted by molar-refractivity contribution is 9.10. The highest BCUT2D eigenvalue weighted by atomic mass is 79.9. The molecule has 1 aliphatic carbocycles. The smallest absolute Gasteiger partial charge is 0.222 e. The molecular weight excluding hydrogens is 318 g/mol. The minimum atomic E-state index is -3.25. The number of halogens is 1. The first-order chi connectivity index (χ1) is 8.55. The average Bonchev–Trinajstić information content (AvgIpc) is 3.21. The summed E-state index contributed by atoms with van der Waals surface area (Å²) in [5.41, 5.74) is 0.989. The zero-order valence-electron chi connectivity index (χ0n) is 10.1. The van der Waals surface area contributed by atoms with Crippen LogP contribution in [0.2, 0.25) is 0 Å². The lowest BCUT2D eigenvalue weighted by Crippen LogP contribution is -2.30. The van der Waals surface area contributed by atoms with E-state index in [1.807, 2.05) is 24.3 Å². The second kappa shape index (κ2) is 5.59. The molecule has 1 N–H and O–H groups in total. The first-order valence-corrected chi connectivity index (χ1v) is 8.53. The Hall–Kier alpha value is -0.590. The topological polar surface area (TPSA) is 55.4 Å². The van der Waals surface area contributed by atoms with Crippen LogP contribution in [0.3, 0.4) is 0 Å². The SMILES string of the molecule is COc1ccc(C(NS(=O)(=O)CBr)C2CC2)cc1. The van der Waals surface area contributed by atoms with E-state index >= 15 is 0 Å². The summed E-state index contributed by atoms with van der Waals surface area (Å²) in [7, 11) is -1.64. The van der Waals surface area contributed by atoms with Gasteiger partial charge in [0.1, 0.15) is 10.4 Å². The van der Waals surface area contributed by atoms with E-state index in [1.54, 1.807) is 7.11 Å². The van der Waals surface area contributed by atoms with Crippen LogP contribution < -0.4 is 9.46 Å². The van der Waals surface area contributed by atoms with Gasteiger partial charge in [-0.2, -0.15) is 0 Å². The van der Waals surface area contributed by atoms with Gasteiger partial charge in [0.05, 0.1) is 7.11 Å². The fourth-order valence-electron chi connectivity index (χ4n) is 1.90. The molecule has 0 spiro atoms. The van der Waals surface area contributed by atoms with Gasteiger partial charge in [0.15, 0.2) is 0 Å². The Kier molecular flexibility index (Phi) is 4.29. The lowest BCUT2D eigenvalue weighted by molar-refractivity contribution is 0.414. The fraction of sp³-hybridized carbons (Fsp3) is 0.500. The predicted octanol–water partition coefficient (Wildman–Crippen LogP) is 2.42. The first kappa shape index (κ1) is 13.8. The number of sulfonamides is 1. The molecule has 0 saturated heterocycles. The summed E-state index contributed by atoms with van der Waals surface area (Å²) in [5, 5.41) is 0. The van der Waals surface area contributed by atoms with Gasteiger partial charge in [-0.1, -0.05) is 28.1 Å². The lowest BCUT2D eigenvalue weighted by atomic mass is 10.0. The van der Waals surface area contributed by atoms with E-state index in [1.165, 1.54) is 0 Å². The number of benzene rings is 1. The molecule has 1 saturated carbocycles. The van der Waals surface area contributed by atoms with Gasteiger partial charge in [-0.15, -0.1) is 0 Å². The van der Waals surface area contributed by atoms with Crippen molar-refractivity contribution >= 4 is 26.0 Å². The molecule has 4 nitrogen and oxygen atoms in total. The molecule has 100 valence electrons. The highest BCUT2D eigenvalue weighted by Gasteiger charge is 2.34. The Morgan fingerprint density at radius 1 is 1.39 bits per heavy atom. The molecule has 0 radical (unpaired) electrons. The van der Waals surface area contributed by atoms with Crippen molar-refractivity contribution in [1.29, 1.82) is 0 Å². The summed E-state index contributed by atoms with van der Waals surface area (Å²) < 4.78 is 31.1. The van der Waals surface area contributed by atoms with Crippen LogP contribution >= 0.6 is 15.9 Å². The van der Waals surface area contributed by atoms with Crippen LogP contribution in [-0.2, 0) is 10.0 Å². The van der Waals surface area contributed by atoms with E-state index in [-0.39, 0.29) is 10.7 Å². The van der Waals surface area contributed by atoms with Crippen molar-refractivity contribution < 1.29 is 13.2 Å². The van der Waals surface area contributed by atoms with E-state index < -0.39 is 10.0 Å². The van der Waals surface area contributed by atoms with E-state index in [2.05, 4.69) is 20.7 Å². The molecule has 0 bridgehead atoms. The normalized spacial score (nSPS) is 17.4. The Balaban J connectivity index is 2.19. The van der Waals surface area contributed by atoms with Gasteiger partial charge >= 0.3 is 0 Å². The molecule has 1 aromatic rings. The van der Waals surface area contributed by atoms with Gasteiger partial charge in [0, 0.05) is 6.04 Å². The van der Waals surface area contributed by atoms with Gasteiger partial charge in [-0.05, 0) is 36.5 Å². The number of hydrogen-bond acceptors (Lipinski definition) is 3. The summed E-state index contributed by atoms with van der Waals surface area (Å²) >= 11 is 2.99. The molecule has 0 aromatic heterocycles. The average molecular weight is 334 g/mol. The van der Waals surface area contributed by atoms with Crippen molar-refractivity contribution in [3.05, 3.63) is 29.8 Å². The minimum Gasteiger partial charge on any atom is -0.497 e. The summed E-state index contributed by atoms with van der Waals surface area (Å²) in [6.45, 7) is 0. The number of ether oxygens (including phenoxy) is 1. The third-order valence-electron chi connectivity index (χ3n) is 3.02. The van der Waals surface area contributed by atoms with Crippen LogP contribution in [0.5, 0.6) is 5.75 Å². The Morgan fingerprint density at radius 2 is 2.00 bits per heavy atom. The molecule has 1 atom stereocenters. The number of methoxy groups -OCH3 is 1. The van der Waals surface area contributed by atoms with Gasteiger partial charge < -0.3 is 4.74 Å². The van der Waals surface area contributed by atoms with Gasteiger partial charge in [-0.3, -0.25) is 0 Å². The van der Waals surface area contributed by atoms with Gasteiger partial charge in [0.2, 0.25) is 10.0 Å². The molecule has 2 rings (SSSR count). The highest BCUT2D eigenvalue weighted by Crippen LogP contribution is 2.41. The largest absolute Gasteiger partial charge is 0.497 e. The first-order valence-electron chi connectivity index (χ1n) is 5.75. The van der Waals surface area contributed by atoms with Crippen LogP contribution in [0.15, 0.2) is 24.3 Å². The van der Waals surface area contributed by atoms with E-state index in [0.29, 0.717) is 5.92 Å². The van der Waals surface area contributed by atoms with E-state index in [9.17, 15) is 8.42 Å². The maximum atomic E-state index is 11.7. The summed E-state index contributed by atoms with van der Waals surface area (Å²) in [6.07, 6.45) is 2.14. The monoisotopic (exact) mass is 333 g/mol. The molecule has 6 heteroatoms. The number of alkyl halides is 1. The summed E-state index contributed by atoms with van der Waals surface area (Å²) in [6, 6.07) is 7.41. The Labute approximate surface area is 116 Å². The van der Waals surface area contributed by atoms with Gasteiger partial charge in [0.25, 0.3) is 0 Å². The second-order valence-corrected chi connectivity index (χ2v) is 7.49. The van der Waals surface area contributed by atoms with Crippen LogP contribution in [-0.4, -0.2) is 20.2 Å². The number of nitrogens with one attached hydrogen (secondary N) is 1. The molecule has 1 aliphatic rings. The third kappa shape index (κ3) is 3.46. The molecule has 0 aliphatic heterocycles. The van der Waals surface area contributed by atoms with E-state index in [4.69, 9.17) is 4.74 Å². The molecule has 1 aromatic carbocycles. The van der Waals surface area contributed by atoms with Crippen LogP contribution in [0.1, 0.15) is 24.4 Å². The lowest BCUT2D eigenvalue weighted by Gasteiger charge is -2.18. The Bertz CT molecular complexity index is 497. The molecule has 1 unspecified atom stereocenters. The van der Waals surface area contributed by atoms with E-state index in [0.717, 1.165) is 24.2 Å². The number of rotatable bonds is 6. The maximum Gasteiger partial charge on any atom is 0.222 e. The quantitative estimate of drug-likeness (QED) is 0.813. The fourth-order valence-corrected chi connectivity index (χ4v) is 3.08. The number of hydrogen-bond donors (Lipinski definition) is 1. The van der Waals surface area contributed by atoms with Crippen LogP contribution in [0.25, 0.3) is 0 Å². The zero-order chi connectivity index (χ0) is 13.2. The molecule has 0 amide bonds. The molecular formula is C12H16BrNO3S. The van der Waals surface area contributed by atoms with Crippen molar-refractivity contribution in [3.8, 4) is 5.75 Å². The summed E-state index contributed by atoms with van der Waals surface area (Å²) in [5.74, 6) is 1.18. The van der Waals surface area contributed by atoms with Crippen LogP contribution in [0, 0.1) is 5.92 Å². The third-order valence-corrected chi connectivity index (χ3v) is 5.73. The molecule has 1 fully saturated rings.